The number of benzene rings is 1. The molecule has 0 spiro atoms. The Labute approximate surface area is 100 Å². The lowest BCUT2D eigenvalue weighted by Crippen LogP contribution is -2.18. The van der Waals surface area contributed by atoms with Gasteiger partial charge in [-0.3, -0.25) is 4.79 Å². The van der Waals surface area contributed by atoms with Crippen molar-refractivity contribution >= 4 is 5.91 Å². The smallest absolute Gasteiger partial charge is 0.217 e. The summed E-state index contributed by atoms with van der Waals surface area (Å²) in [6.45, 7) is 4.04. The van der Waals surface area contributed by atoms with Gasteiger partial charge in [0.15, 0.2) is 0 Å². The first kappa shape index (κ1) is 11.4. The number of carbonyl (C=O) groups is 1. The molecular formula is C13H15N3O. The third-order valence-corrected chi connectivity index (χ3v) is 2.49. The molecule has 0 atom stereocenters. The number of carbonyl (C=O) groups excluding carboxylic acids is 1. The van der Waals surface area contributed by atoms with E-state index in [-0.39, 0.29) is 5.91 Å². The standard InChI is InChI=1S/C13H15N3O/c1-10-8-16(9-15-10)13-5-3-12(4-6-13)7-14-11(2)17/h3-6,8-9H,7H2,1-2H3,(H,14,17). The van der Waals surface area contributed by atoms with Crippen LogP contribution in [-0.4, -0.2) is 15.5 Å². The Bertz CT molecular complexity index is 514. The molecule has 2 rings (SSSR count). The second-order valence-electron chi connectivity index (χ2n) is 4.00. The molecule has 1 N–H and O–H groups in total. The minimum Gasteiger partial charge on any atom is -0.352 e. The molecule has 0 saturated heterocycles. The van der Waals surface area contributed by atoms with Gasteiger partial charge in [0.05, 0.1) is 12.0 Å². The van der Waals surface area contributed by atoms with Gasteiger partial charge in [-0.25, -0.2) is 4.98 Å². The van der Waals surface area contributed by atoms with Crippen molar-refractivity contribution < 1.29 is 4.79 Å². The lowest BCUT2D eigenvalue weighted by molar-refractivity contribution is -0.119. The molecule has 0 aliphatic carbocycles. The molecule has 4 nitrogen and oxygen atoms in total. The molecule has 1 aromatic carbocycles. The van der Waals surface area contributed by atoms with Crippen LogP contribution < -0.4 is 5.32 Å². The van der Waals surface area contributed by atoms with Crippen LogP contribution in [0.4, 0.5) is 0 Å². The molecule has 0 bridgehead atoms. The minimum atomic E-state index is -0.0145. The summed E-state index contributed by atoms with van der Waals surface area (Å²) in [4.78, 5) is 15.0. The number of aromatic nitrogens is 2. The van der Waals surface area contributed by atoms with Crippen LogP contribution in [0.3, 0.4) is 0 Å². The maximum absolute atomic E-state index is 10.8. The molecule has 1 heterocycles. The van der Waals surface area contributed by atoms with Gasteiger partial charge >= 0.3 is 0 Å². The van der Waals surface area contributed by atoms with E-state index >= 15 is 0 Å². The van der Waals surface area contributed by atoms with Crippen LogP contribution in [0.25, 0.3) is 5.69 Å². The van der Waals surface area contributed by atoms with Gasteiger partial charge in [0.25, 0.3) is 0 Å². The maximum atomic E-state index is 10.8. The summed E-state index contributed by atoms with van der Waals surface area (Å²) in [5, 5.41) is 2.77. The Kier molecular flexibility index (Phi) is 3.23. The van der Waals surface area contributed by atoms with Crippen LogP contribution in [0, 0.1) is 6.92 Å². The van der Waals surface area contributed by atoms with E-state index < -0.39 is 0 Å². The van der Waals surface area contributed by atoms with Crippen molar-refractivity contribution in [2.24, 2.45) is 0 Å². The van der Waals surface area contributed by atoms with E-state index in [9.17, 15) is 4.79 Å². The van der Waals surface area contributed by atoms with Gasteiger partial charge in [-0.05, 0) is 24.6 Å². The molecule has 17 heavy (non-hydrogen) atoms. The van der Waals surface area contributed by atoms with Crippen molar-refractivity contribution in [3.05, 3.63) is 48.0 Å². The largest absolute Gasteiger partial charge is 0.352 e. The molecule has 1 aromatic heterocycles. The molecule has 4 heteroatoms. The summed E-state index contributed by atoms with van der Waals surface area (Å²) in [6, 6.07) is 8.03. The molecule has 0 aliphatic heterocycles. The average molecular weight is 229 g/mol. The van der Waals surface area contributed by atoms with E-state index in [1.807, 2.05) is 42.0 Å². The predicted octanol–water partition coefficient (Wildman–Crippen LogP) is 1.82. The molecule has 1 amide bonds. The van der Waals surface area contributed by atoms with Crippen LogP contribution in [0.5, 0.6) is 0 Å². The van der Waals surface area contributed by atoms with Crippen molar-refractivity contribution in [2.45, 2.75) is 20.4 Å². The van der Waals surface area contributed by atoms with Gasteiger partial charge in [-0.2, -0.15) is 0 Å². The molecular weight excluding hydrogens is 214 g/mol. The Morgan fingerprint density at radius 2 is 2.06 bits per heavy atom. The fourth-order valence-corrected chi connectivity index (χ4v) is 1.57. The lowest BCUT2D eigenvalue weighted by atomic mass is 10.2. The second kappa shape index (κ2) is 4.82. The SMILES string of the molecule is CC(=O)NCc1ccc(-n2cnc(C)c2)cc1. The zero-order valence-electron chi connectivity index (χ0n) is 9.97. The van der Waals surface area contributed by atoms with Crippen LogP contribution in [-0.2, 0) is 11.3 Å². The Morgan fingerprint density at radius 1 is 1.35 bits per heavy atom. The normalized spacial score (nSPS) is 10.2. The Morgan fingerprint density at radius 3 is 2.59 bits per heavy atom. The van der Waals surface area contributed by atoms with Crippen molar-refractivity contribution in [3.8, 4) is 5.69 Å². The summed E-state index contributed by atoms with van der Waals surface area (Å²) in [5.74, 6) is -0.0145. The third-order valence-electron chi connectivity index (χ3n) is 2.49. The Hall–Kier alpha value is -2.10. The first-order valence-electron chi connectivity index (χ1n) is 5.49. The highest BCUT2D eigenvalue weighted by Crippen LogP contribution is 2.10. The second-order valence-corrected chi connectivity index (χ2v) is 4.00. The maximum Gasteiger partial charge on any atom is 0.217 e. The Balaban J connectivity index is 2.10. The van der Waals surface area contributed by atoms with Crippen molar-refractivity contribution in [3.63, 3.8) is 0 Å². The molecule has 0 radical (unpaired) electrons. The number of aryl methyl sites for hydroxylation is 1. The van der Waals surface area contributed by atoms with Gasteiger partial charge in [-0.15, -0.1) is 0 Å². The highest BCUT2D eigenvalue weighted by molar-refractivity contribution is 5.72. The van der Waals surface area contributed by atoms with Crippen LogP contribution >= 0.6 is 0 Å². The first-order valence-corrected chi connectivity index (χ1v) is 5.49. The highest BCUT2D eigenvalue weighted by atomic mass is 16.1. The minimum absolute atomic E-state index is 0.0145. The monoisotopic (exact) mass is 229 g/mol. The molecule has 0 unspecified atom stereocenters. The van der Waals surface area contributed by atoms with E-state index in [0.717, 1.165) is 16.9 Å². The summed E-state index contributed by atoms with van der Waals surface area (Å²) in [6.07, 6.45) is 3.76. The number of nitrogens with one attached hydrogen (secondary N) is 1. The van der Waals surface area contributed by atoms with E-state index in [2.05, 4.69) is 10.3 Å². The van der Waals surface area contributed by atoms with Gasteiger partial charge in [0.1, 0.15) is 0 Å². The van der Waals surface area contributed by atoms with E-state index in [4.69, 9.17) is 0 Å². The number of hydrogen-bond acceptors (Lipinski definition) is 2. The number of amides is 1. The zero-order chi connectivity index (χ0) is 12.3. The fraction of sp³-hybridized carbons (Fsp3) is 0.231. The summed E-state index contributed by atoms with van der Waals surface area (Å²) in [7, 11) is 0. The number of nitrogens with zero attached hydrogens (tertiary/aromatic N) is 2. The summed E-state index contributed by atoms with van der Waals surface area (Å²) in [5.41, 5.74) is 3.14. The van der Waals surface area contributed by atoms with Crippen molar-refractivity contribution in [1.29, 1.82) is 0 Å². The van der Waals surface area contributed by atoms with E-state index in [1.54, 1.807) is 6.33 Å². The highest BCUT2D eigenvalue weighted by Gasteiger charge is 1.98. The van der Waals surface area contributed by atoms with Crippen LogP contribution in [0.2, 0.25) is 0 Å². The number of hydrogen-bond donors (Lipinski definition) is 1. The van der Waals surface area contributed by atoms with Crippen LogP contribution in [0.1, 0.15) is 18.2 Å². The van der Waals surface area contributed by atoms with E-state index in [0.29, 0.717) is 6.54 Å². The quantitative estimate of drug-likeness (QED) is 0.872. The lowest BCUT2D eigenvalue weighted by Gasteiger charge is -2.05. The molecule has 0 fully saturated rings. The van der Waals surface area contributed by atoms with Crippen molar-refractivity contribution in [1.82, 2.24) is 14.9 Å². The zero-order valence-corrected chi connectivity index (χ0v) is 9.97. The van der Waals surface area contributed by atoms with Gasteiger partial charge in [-0.1, -0.05) is 12.1 Å². The number of rotatable bonds is 3. The van der Waals surface area contributed by atoms with Crippen LogP contribution in [0.15, 0.2) is 36.8 Å². The molecule has 0 saturated carbocycles. The number of imidazole rings is 1. The molecule has 0 aliphatic rings. The average Bonchev–Trinajstić information content (AvgIpc) is 2.74. The molecule has 88 valence electrons. The van der Waals surface area contributed by atoms with E-state index in [1.165, 1.54) is 6.92 Å². The first-order chi connectivity index (χ1) is 8.15. The third kappa shape index (κ3) is 2.93. The fourth-order valence-electron chi connectivity index (χ4n) is 1.57. The topological polar surface area (TPSA) is 46.9 Å². The van der Waals surface area contributed by atoms with Gasteiger partial charge in [0.2, 0.25) is 5.91 Å². The summed E-state index contributed by atoms with van der Waals surface area (Å²) >= 11 is 0. The summed E-state index contributed by atoms with van der Waals surface area (Å²) < 4.78 is 1.97. The van der Waals surface area contributed by atoms with Gasteiger partial charge < -0.3 is 9.88 Å². The van der Waals surface area contributed by atoms with Gasteiger partial charge in [0, 0.05) is 25.4 Å². The predicted molar refractivity (Wildman–Crippen MR) is 65.8 cm³/mol. The van der Waals surface area contributed by atoms with Crippen molar-refractivity contribution in [2.75, 3.05) is 0 Å². The molecule has 2 aromatic rings.